The van der Waals surface area contributed by atoms with E-state index in [0.717, 1.165) is 22.6 Å². The van der Waals surface area contributed by atoms with E-state index in [9.17, 15) is 4.79 Å². The summed E-state index contributed by atoms with van der Waals surface area (Å²) in [4.78, 5) is 21.3. The fourth-order valence-electron chi connectivity index (χ4n) is 3.35. The molecule has 0 aliphatic heterocycles. The van der Waals surface area contributed by atoms with Crippen LogP contribution < -0.4 is 14.8 Å². The van der Waals surface area contributed by atoms with Crippen LogP contribution in [0.15, 0.2) is 85.2 Å². The first-order valence-electron chi connectivity index (χ1n) is 10.6. The minimum absolute atomic E-state index is 0.114. The van der Waals surface area contributed by atoms with Crippen molar-refractivity contribution in [1.29, 1.82) is 0 Å². The van der Waals surface area contributed by atoms with Crippen molar-refractivity contribution in [3.63, 3.8) is 0 Å². The van der Waals surface area contributed by atoms with Gasteiger partial charge in [0, 0.05) is 17.2 Å². The Labute approximate surface area is 193 Å². The molecule has 4 rings (SSSR count). The highest BCUT2D eigenvalue weighted by Gasteiger charge is 2.13. The van der Waals surface area contributed by atoms with E-state index in [1.54, 1.807) is 37.4 Å². The third-order valence-corrected chi connectivity index (χ3v) is 5.27. The van der Waals surface area contributed by atoms with Crippen LogP contribution in [0.5, 0.6) is 17.4 Å². The van der Waals surface area contributed by atoms with Gasteiger partial charge in [-0.1, -0.05) is 35.9 Å². The highest BCUT2D eigenvalue weighted by atomic mass is 16.5. The zero-order chi connectivity index (χ0) is 23.2. The zero-order valence-electron chi connectivity index (χ0n) is 18.8. The molecule has 0 radical (unpaired) electrons. The van der Waals surface area contributed by atoms with Gasteiger partial charge in [-0.3, -0.25) is 4.79 Å². The first kappa shape index (κ1) is 22.0. The summed E-state index contributed by atoms with van der Waals surface area (Å²) in [7, 11) is 1.63. The van der Waals surface area contributed by atoms with Gasteiger partial charge < -0.3 is 14.8 Å². The predicted octanol–water partition coefficient (Wildman–Crippen LogP) is 5.74. The molecule has 0 aliphatic carbocycles. The molecule has 0 unspecified atom stereocenters. The van der Waals surface area contributed by atoms with E-state index in [1.807, 2.05) is 62.4 Å². The predicted molar refractivity (Wildman–Crippen MR) is 128 cm³/mol. The zero-order valence-corrected chi connectivity index (χ0v) is 18.8. The molecule has 6 nitrogen and oxygen atoms in total. The van der Waals surface area contributed by atoms with E-state index in [0.29, 0.717) is 17.2 Å². The number of nitrogens with one attached hydrogen (secondary N) is 1. The summed E-state index contributed by atoms with van der Waals surface area (Å²) >= 11 is 0. The molecule has 1 atom stereocenters. The quantitative estimate of drug-likeness (QED) is 0.397. The Balaban J connectivity index is 1.46. The standard InChI is InChI=1S/C27H25N3O3/c1-18-7-9-20(10-8-18)19(2)30-27(31)22-5-4-6-24(15-22)33-26-16-25(28-17-29-26)21-11-13-23(32-3)14-12-21/h4-17,19H,1-3H3,(H,30,31)/t19-/m0/s1. The first-order valence-corrected chi connectivity index (χ1v) is 10.6. The van der Waals surface area contributed by atoms with Gasteiger partial charge in [0.25, 0.3) is 5.91 Å². The highest BCUT2D eigenvalue weighted by Crippen LogP contribution is 2.26. The average Bonchev–Trinajstić information content (AvgIpc) is 2.85. The van der Waals surface area contributed by atoms with Gasteiger partial charge in [0.15, 0.2) is 0 Å². The summed E-state index contributed by atoms with van der Waals surface area (Å²) in [5.74, 6) is 1.51. The third kappa shape index (κ3) is 5.54. The van der Waals surface area contributed by atoms with Crippen LogP contribution in [0.4, 0.5) is 0 Å². The van der Waals surface area contributed by atoms with E-state index in [1.165, 1.54) is 11.9 Å². The van der Waals surface area contributed by atoms with Crippen LogP contribution in [0.25, 0.3) is 11.3 Å². The van der Waals surface area contributed by atoms with E-state index in [-0.39, 0.29) is 11.9 Å². The van der Waals surface area contributed by atoms with E-state index in [2.05, 4.69) is 15.3 Å². The van der Waals surface area contributed by atoms with Crippen molar-refractivity contribution in [1.82, 2.24) is 15.3 Å². The molecule has 0 aliphatic rings. The third-order valence-electron chi connectivity index (χ3n) is 5.27. The normalized spacial score (nSPS) is 11.5. The number of rotatable bonds is 7. The van der Waals surface area contributed by atoms with Crippen LogP contribution in [0, 0.1) is 6.92 Å². The summed E-state index contributed by atoms with van der Waals surface area (Å²) in [6.45, 7) is 4.00. The molecule has 166 valence electrons. The molecule has 3 aromatic carbocycles. The van der Waals surface area contributed by atoms with Crippen LogP contribution in [-0.4, -0.2) is 23.0 Å². The second kappa shape index (κ2) is 9.96. The molecule has 1 amide bonds. The molecular formula is C27H25N3O3. The smallest absolute Gasteiger partial charge is 0.251 e. The van der Waals surface area contributed by atoms with E-state index < -0.39 is 0 Å². The van der Waals surface area contributed by atoms with Gasteiger partial charge >= 0.3 is 0 Å². The van der Waals surface area contributed by atoms with Crippen molar-refractivity contribution in [3.05, 3.63) is 102 Å². The molecule has 0 saturated carbocycles. The Morgan fingerprint density at radius 1 is 0.909 bits per heavy atom. The molecule has 4 aromatic rings. The van der Waals surface area contributed by atoms with Crippen molar-refractivity contribution >= 4 is 5.91 Å². The van der Waals surface area contributed by atoms with Gasteiger partial charge in [-0.15, -0.1) is 0 Å². The second-order valence-electron chi connectivity index (χ2n) is 7.71. The van der Waals surface area contributed by atoms with Gasteiger partial charge in [0.05, 0.1) is 18.8 Å². The van der Waals surface area contributed by atoms with Gasteiger partial charge in [-0.25, -0.2) is 9.97 Å². The number of amides is 1. The Bertz CT molecular complexity index is 1240. The lowest BCUT2D eigenvalue weighted by molar-refractivity contribution is 0.0939. The molecule has 0 saturated heterocycles. The maximum absolute atomic E-state index is 12.8. The number of methoxy groups -OCH3 is 1. The number of carbonyl (C=O) groups is 1. The van der Waals surface area contributed by atoms with Gasteiger partial charge in [0.2, 0.25) is 5.88 Å². The van der Waals surface area contributed by atoms with Crippen molar-refractivity contribution in [2.45, 2.75) is 19.9 Å². The summed E-state index contributed by atoms with van der Waals surface area (Å²) in [6.07, 6.45) is 1.45. The molecule has 6 heteroatoms. The summed E-state index contributed by atoms with van der Waals surface area (Å²) in [6, 6.07) is 24.4. The van der Waals surface area contributed by atoms with E-state index in [4.69, 9.17) is 9.47 Å². The summed E-state index contributed by atoms with van der Waals surface area (Å²) < 4.78 is 11.1. The Morgan fingerprint density at radius 3 is 2.39 bits per heavy atom. The molecular weight excluding hydrogens is 414 g/mol. The fourth-order valence-corrected chi connectivity index (χ4v) is 3.35. The Morgan fingerprint density at radius 2 is 1.67 bits per heavy atom. The lowest BCUT2D eigenvalue weighted by Gasteiger charge is -2.15. The Hall–Kier alpha value is -4.19. The molecule has 1 heterocycles. The van der Waals surface area contributed by atoms with Crippen LogP contribution in [0.3, 0.4) is 0 Å². The Kier molecular flexibility index (Phi) is 6.64. The summed E-state index contributed by atoms with van der Waals surface area (Å²) in [5, 5.41) is 3.03. The topological polar surface area (TPSA) is 73.3 Å². The molecule has 0 fully saturated rings. The monoisotopic (exact) mass is 439 g/mol. The number of nitrogens with zero attached hydrogens (tertiary/aromatic N) is 2. The number of aromatic nitrogens is 2. The first-order chi connectivity index (χ1) is 16.0. The van der Waals surface area contributed by atoms with Crippen molar-refractivity contribution in [2.24, 2.45) is 0 Å². The average molecular weight is 440 g/mol. The molecule has 1 aromatic heterocycles. The van der Waals surface area contributed by atoms with Crippen molar-refractivity contribution in [2.75, 3.05) is 7.11 Å². The maximum Gasteiger partial charge on any atom is 0.251 e. The number of hydrogen-bond acceptors (Lipinski definition) is 5. The van der Waals surface area contributed by atoms with Crippen molar-refractivity contribution < 1.29 is 14.3 Å². The van der Waals surface area contributed by atoms with Gasteiger partial charge in [0.1, 0.15) is 17.8 Å². The lowest BCUT2D eigenvalue weighted by atomic mass is 10.1. The number of carbonyl (C=O) groups excluding carboxylic acids is 1. The largest absolute Gasteiger partial charge is 0.497 e. The van der Waals surface area contributed by atoms with Crippen LogP contribution >= 0.6 is 0 Å². The summed E-state index contributed by atoms with van der Waals surface area (Å²) in [5.41, 5.74) is 4.39. The number of ether oxygens (including phenoxy) is 2. The minimum atomic E-state index is -0.171. The van der Waals surface area contributed by atoms with E-state index >= 15 is 0 Å². The van der Waals surface area contributed by atoms with Crippen molar-refractivity contribution in [3.8, 4) is 28.6 Å². The number of benzene rings is 3. The minimum Gasteiger partial charge on any atom is -0.497 e. The lowest BCUT2D eigenvalue weighted by Crippen LogP contribution is -2.26. The highest BCUT2D eigenvalue weighted by molar-refractivity contribution is 5.94. The molecule has 0 spiro atoms. The van der Waals surface area contributed by atoms with Gasteiger partial charge in [-0.05, 0) is 61.9 Å². The molecule has 0 bridgehead atoms. The number of hydrogen-bond donors (Lipinski definition) is 1. The maximum atomic E-state index is 12.8. The van der Waals surface area contributed by atoms with Crippen LogP contribution in [0.1, 0.15) is 34.5 Å². The van der Waals surface area contributed by atoms with Crippen LogP contribution in [-0.2, 0) is 0 Å². The molecule has 33 heavy (non-hydrogen) atoms. The number of aryl methyl sites for hydroxylation is 1. The SMILES string of the molecule is COc1ccc(-c2cc(Oc3cccc(C(=O)N[C@@H](C)c4ccc(C)cc4)c3)ncn2)cc1. The molecule has 1 N–H and O–H groups in total. The second-order valence-corrected chi connectivity index (χ2v) is 7.71. The van der Waals surface area contributed by atoms with Gasteiger partial charge in [-0.2, -0.15) is 0 Å². The fraction of sp³-hybridized carbons (Fsp3) is 0.148. The van der Waals surface area contributed by atoms with Crippen LogP contribution in [0.2, 0.25) is 0 Å².